The van der Waals surface area contributed by atoms with Gasteiger partial charge in [-0.2, -0.15) is 5.26 Å². The van der Waals surface area contributed by atoms with E-state index in [1.807, 2.05) is 6.07 Å². The molecule has 106 heavy (non-hydrogen) atoms. The Morgan fingerprint density at radius 1 is 0.651 bits per heavy atom. The maximum Gasteiger partial charge on any atom is 0.475 e. The van der Waals surface area contributed by atoms with Gasteiger partial charge in [0.1, 0.15) is 98.7 Å². The summed E-state index contributed by atoms with van der Waals surface area (Å²) in [5.41, 5.74) is 18.6. The maximum absolute atomic E-state index is 16.9. The minimum Gasteiger partial charge on any atom is -0.756 e. The quantitative estimate of drug-likeness (QED) is 0.0447. The van der Waals surface area contributed by atoms with E-state index < -0.39 is 183 Å². The van der Waals surface area contributed by atoms with E-state index in [1.165, 1.54) is 63.3 Å². The monoisotopic (exact) mass is 1560 g/mol. The van der Waals surface area contributed by atoms with Gasteiger partial charge in [0.15, 0.2) is 108 Å². The van der Waals surface area contributed by atoms with Crippen molar-refractivity contribution in [2.24, 2.45) is 5.73 Å². The maximum atomic E-state index is 16.9. The molecule has 6 aliphatic rings. The van der Waals surface area contributed by atoms with Crippen LogP contribution in [0.4, 0.5) is 35.0 Å². The zero-order valence-electron chi connectivity index (χ0n) is 53.7. The average molecular weight is 1560 g/mol. The van der Waals surface area contributed by atoms with Gasteiger partial charge in [-0.25, -0.2) is 102 Å². The molecule has 41 nitrogen and oxygen atoms in total. The molecule has 0 radical (unpaired) electrons. The van der Waals surface area contributed by atoms with Crippen LogP contribution in [0.25, 0.3) is 49.5 Å². The van der Waals surface area contributed by atoms with Crippen LogP contribution in [0.1, 0.15) is 47.4 Å². The first-order chi connectivity index (χ1) is 50.9. The van der Waals surface area contributed by atoms with E-state index in [0.29, 0.717) is 16.8 Å². The predicted molar refractivity (Wildman–Crippen MR) is 361 cm³/mol. The fraction of sp³-hybridized carbons (Fsp3) is 0.473. The average Bonchev–Trinajstić information content (AvgIpc) is 1.62. The number of amides is 1. The Labute approximate surface area is 597 Å². The summed E-state index contributed by atoms with van der Waals surface area (Å²) < 4.78 is 193. The van der Waals surface area contributed by atoms with Crippen molar-refractivity contribution in [3.63, 3.8) is 0 Å². The van der Waals surface area contributed by atoms with Crippen LogP contribution in [0.2, 0.25) is 0 Å². The SMILES string of the molecule is CN.[BH3-][P+]1(OCC[N+]#[C-])OC[C@H]2O[C@@H](n3cnc4c(C)ncnc43)[C@H](F)[C@@H]2OP(=O)(OCCC#N)OC[C@H]2O[C@@H](n3cnc4c(NC(=O)c5ccccc5)ncnc43)[C@H](O1)C2F.[BH3-][P@]1(=O)OC[C@H]2O[C@@H](n3cnc4c(N)ncnc43)[C@H](F)[C@@H]2OP(=O)([O-])OC[C@H]2O[C@@H](n3cnc4c(N)ncnc43)[C@H](O1)C2F. The summed E-state index contributed by atoms with van der Waals surface area (Å²) in [6.07, 6.45) is -16.7. The number of imidazole rings is 4. The molecule has 6 fully saturated rings. The van der Waals surface area contributed by atoms with Gasteiger partial charge >= 0.3 is 7.82 Å². The van der Waals surface area contributed by atoms with Gasteiger partial charge in [-0.1, -0.05) is 18.2 Å². The second kappa shape index (κ2) is 31.6. The van der Waals surface area contributed by atoms with Crippen LogP contribution in [0, 0.1) is 24.8 Å². The molecule has 0 aliphatic carbocycles. The number of anilines is 3. The minimum atomic E-state index is -5.33. The Morgan fingerprint density at radius 2 is 1.15 bits per heavy atom. The van der Waals surface area contributed by atoms with Gasteiger partial charge in [0.2, 0.25) is 21.9 Å². The van der Waals surface area contributed by atoms with Crippen LogP contribution in [0.15, 0.2) is 81.0 Å². The largest absolute Gasteiger partial charge is 0.756 e. The number of aryl methyl sites for hydroxylation is 1. The highest BCUT2D eigenvalue weighted by atomic mass is 31.2. The molecule has 14 heterocycles. The number of nitriles is 1. The van der Waals surface area contributed by atoms with Crippen molar-refractivity contribution in [2.45, 2.75) is 112 Å². The van der Waals surface area contributed by atoms with Crippen LogP contribution in [0.3, 0.4) is 0 Å². The number of alkyl halides is 4. The third kappa shape index (κ3) is 15.5. The molecule has 0 saturated carbocycles. The minimum absolute atomic E-state index is 0.0284. The topological polar surface area (TPSA) is 513 Å². The summed E-state index contributed by atoms with van der Waals surface area (Å²) in [4.78, 5) is 79.1. The van der Waals surface area contributed by atoms with Crippen molar-refractivity contribution in [2.75, 3.05) is 70.0 Å². The molecule has 4 bridgehead atoms. The summed E-state index contributed by atoms with van der Waals surface area (Å²) in [6.45, 7) is 5.63. The van der Waals surface area contributed by atoms with Gasteiger partial charge < -0.3 is 73.9 Å². The number of rotatable bonds is 12. The molecule has 51 heteroatoms. The third-order valence-corrected chi connectivity index (χ3v) is 20.7. The molecule has 7 N–H and O–H groups in total. The molecule has 564 valence electrons. The second-order valence-electron chi connectivity index (χ2n) is 22.6. The zero-order chi connectivity index (χ0) is 75.0. The number of phosphoric ester groups is 2. The molecule has 15 rings (SSSR count). The summed E-state index contributed by atoms with van der Waals surface area (Å²) in [5.74, 6) is -0.317. The number of aromatic nitrogens is 16. The number of carbonyl (C=O) groups is 1. The van der Waals surface area contributed by atoms with Gasteiger partial charge in [-0.3, -0.25) is 41.2 Å². The van der Waals surface area contributed by atoms with Crippen molar-refractivity contribution in [1.29, 1.82) is 5.26 Å². The number of nitrogen functional groups attached to an aromatic ring is 2. The fourth-order valence-corrected chi connectivity index (χ4v) is 15.8. The first kappa shape index (κ1) is 76.0. The third-order valence-electron chi connectivity index (χ3n) is 16.4. The van der Waals surface area contributed by atoms with E-state index in [9.17, 15) is 28.6 Å². The van der Waals surface area contributed by atoms with Crippen molar-refractivity contribution >= 4 is 114 Å². The van der Waals surface area contributed by atoms with Gasteiger partial charge in [0, 0.05) is 5.56 Å². The highest BCUT2D eigenvalue weighted by Gasteiger charge is 2.58. The molecular weight excluding hydrogens is 1490 g/mol. The molecule has 5 unspecified atom stereocenters. The van der Waals surface area contributed by atoms with E-state index in [-0.39, 0.29) is 76.2 Å². The van der Waals surface area contributed by atoms with Crippen molar-refractivity contribution < 1.29 is 105 Å². The van der Waals surface area contributed by atoms with E-state index in [0.717, 1.165) is 12.7 Å². The zero-order valence-corrected chi connectivity index (χ0v) is 57.3. The number of ether oxygens (including phenoxy) is 4. The predicted octanol–water partition coefficient (Wildman–Crippen LogP) is 2.17. The number of nitrogens with two attached hydrogens (primary N) is 3. The lowest BCUT2D eigenvalue weighted by atomic mass is 10.1. The van der Waals surface area contributed by atoms with Crippen LogP contribution < -0.4 is 27.4 Å². The summed E-state index contributed by atoms with van der Waals surface area (Å²) in [7, 11) is -18.6. The molecule has 6 saturated heterocycles. The number of fused-ring (bicyclic) bond motifs is 10. The smallest absolute Gasteiger partial charge is 0.475 e. The van der Waals surface area contributed by atoms with Crippen LogP contribution in [0.5, 0.6) is 0 Å². The number of hydrogen-bond acceptors (Lipinski definition) is 35. The summed E-state index contributed by atoms with van der Waals surface area (Å²) in [5, 5.41) is 11.9. The Hall–Kier alpha value is -8.20. The molecule has 0 spiro atoms. The molecule has 20 atom stereocenters. The first-order valence-corrected chi connectivity index (χ1v) is 36.1. The number of hydrogen-bond donors (Lipinski definition) is 4. The number of nitrogens with zero attached hydrogens (tertiary/aromatic N) is 18. The lowest BCUT2D eigenvalue weighted by Crippen LogP contribution is -2.35. The molecular formula is C55H64B2F4N22O19P4-2. The van der Waals surface area contributed by atoms with Crippen molar-refractivity contribution in [3.05, 3.63) is 104 Å². The Morgan fingerprint density at radius 3 is 1.76 bits per heavy atom. The Kier molecular flexibility index (Phi) is 22.6. The number of phosphoric acid groups is 2. The lowest BCUT2D eigenvalue weighted by molar-refractivity contribution is -0.235. The van der Waals surface area contributed by atoms with E-state index >= 15 is 17.6 Å². The van der Waals surface area contributed by atoms with Gasteiger partial charge in [0.05, 0.1) is 77.5 Å². The lowest BCUT2D eigenvalue weighted by Gasteiger charge is -2.31. The highest BCUT2D eigenvalue weighted by molar-refractivity contribution is 7.85. The number of benzene rings is 1. The number of carbonyl (C=O) groups excluding carboxylic acids is 1. The molecule has 8 aromatic heterocycles. The van der Waals surface area contributed by atoms with Crippen LogP contribution in [-0.4, -0.2) is 226 Å². The van der Waals surface area contributed by atoms with Crippen molar-refractivity contribution in [3.8, 4) is 6.07 Å². The number of nitrogens with one attached hydrogen (secondary N) is 1. The van der Waals surface area contributed by atoms with Gasteiger partial charge in [-0.05, 0) is 26.1 Å². The highest BCUT2D eigenvalue weighted by Crippen LogP contribution is 2.63. The van der Waals surface area contributed by atoms with E-state index in [1.54, 1.807) is 37.3 Å². The fourth-order valence-electron chi connectivity index (χ4n) is 11.6. The Bertz CT molecular complexity index is 4930. The van der Waals surface area contributed by atoms with Crippen LogP contribution >= 0.6 is 30.9 Å². The molecule has 9 aromatic rings. The number of halogens is 4. The van der Waals surface area contributed by atoms with Crippen LogP contribution in [-0.2, 0) is 77.9 Å². The molecule has 1 aromatic carbocycles. The standard InChI is InChI=1S/C34H36BF2N11O10P2.C20H24BF2N10O9P2.CH5N/c1-19-25-30(42-15-40-19)47(17-44-25)33-24(37)27-22(56-33)14-53-59(35,51-12-10-39-2)57-28-23(36)21(13-54-60(50,58-27)52-11-6-9-38)55-34(28)48-18-45-26-29(41-16-43-31(26)48)46-32(49)20-7-4-3-5-8-20;21-43(34)37-2-8-13(10(23)19(40-8)32-5-30-11-15(24)26-3-28-17(11)32)42-44(35,36)38-1-7-9(22)14(41-43)20(39-7)33-6-31-12-16(25)27-4-29-18(12)33;1-2/h3-5,7-8,15-18,21-24,27-28,33-34H,6,10-14H2,1,35H3,(H,41,43,46,49);3-10,13-14,19-20H,1-2H2,21H3,(H,35,36)(H2,24,26,28)(H2,25,27,29);2H2,1H3/q;-1;/p-1/t21-,22-,23?,24-,27-,28-,33-,34-,59?,60?;7-,8-,9?,10-,13-,14-,19-,20-,43+;/m11./s1. The normalized spacial score (nSPS) is 33.4. The second-order valence-corrected chi connectivity index (χ2v) is 27.7. The Balaban J connectivity index is 0.000000192. The summed E-state index contributed by atoms with van der Waals surface area (Å²) in [6, 6.07) is 10.3. The van der Waals surface area contributed by atoms with E-state index in [2.05, 4.69) is 75.7 Å². The first-order valence-electron chi connectivity index (χ1n) is 31.0. The van der Waals surface area contributed by atoms with Crippen molar-refractivity contribution in [1.82, 2.24) is 78.1 Å². The molecule has 1 amide bonds. The summed E-state index contributed by atoms with van der Waals surface area (Å²) >= 11 is 0. The molecule has 6 aliphatic heterocycles. The van der Waals surface area contributed by atoms with Gasteiger partial charge in [-0.15, -0.1) is 0 Å². The van der Waals surface area contributed by atoms with Gasteiger partial charge in [0.25, 0.3) is 13.7 Å². The van der Waals surface area contributed by atoms with E-state index in [4.69, 9.17) is 82.2 Å².